The minimum Gasteiger partial charge on any atom is -0.374 e. The summed E-state index contributed by atoms with van der Waals surface area (Å²) >= 11 is 5.72. The molecule has 0 amide bonds. The first-order chi connectivity index (χ1) is 9.60. The van der Waals surface area contributed by atoms with Gasteiger partial charge in [0.05, 0.1) is 17.7 Å². The molecule has 0 bridgehead atoms. The highest BCUT2D eigenvalue weighted by Gasteiger charge is 2.26. The van der Waals surface area contributed by atoms with Crippen molar-refractivity contribution in [1.29, 1.82) is 0 Å². The fraction of sp³-hybridized carbons (Fsp3) is 0.600. The summed E-state index contributed by atoms with van der Waals surface area (Å²) in [6.07, 6.45) is 0.868. The van der Waals surface area contributed by atoms with Crippen molar-refractivity contribution in [3.05, 3.63) is 34.6 Å². The Hall–Kier alpha value is -0.680. The predicted octanol–water partition coefficient (Wildman–Crippen LogP) is 2.33. The molecule has 1 saturated heterocycles. The van der Waals surface area contributed by atoms with Crippen molar-refractivity contribution in [2.24, 2.45) is 0 Å². The van der Waals surface area contributed by atoms with Gasteiger partial charge in [0, 0.05) is 19.1 Å². The first-order valence-corrected chi connectivity index (χ1v) is 7.45. The Morgan fingerprint density at radius 2 is 2.35 bits per heavy atom. The van der Waals surface area contributed by atoms with Crippen molar-refractivity contribution in [3.63, 3.8) is 0 Å². The van der Waals surface area contributed by atoms with Gasteiger partial charge in [0.1, 0.15) is 5.82 Å². The van der Waals surface area contributed by atoms with Crippen LogP contribution in [0.2, 0.25) is 5.02 Å². The van der Waals surface area contributed by atoms with Gasteiger partial charge in [-0.25, -0.2) is 4.39 Å². The fourth-order valence-corrected chi connectivity index (χ4v) is 2.69. The van der Waals surface area contributed by atoms with Gasteiger partial charge in [-0.1, -0.05) is 24.6 Å². The summed E-state index contributed by atoms with van der Waals surface area (Å²) in [5.41, 5.74) is 0.940. The zero-order valence-electron chi connectivity index (χ0n) is 12.0. The first kappa shape index (κ1) is 15.7. The van der Waals surface area contributed by atoms with E-state index in [9.17, 15) is 4.39 Å². The van der Waals surface area contributed by atoms with Crippen LogP contribution in [0.25, 0.3) is 0 Å². The van der Waals surface area contributed by atoms with Crippen molar-refractivity contribution in [2.45, 2.75) is 25.5 Å². The molecule has 2 atom stereocenters. The molecular formula is C15H22ClFN2O. The molecule has 1 aromatic rings. The highest BCUT2D eigenvalue weighted by molar-refractivity contribution is 6.30. The van der Waals surface area contributed by atoms with Gasteiger partial charge in [0.15, 0.2) is 0 Å². The number of likely N-dealkylation sites (N-methyl/N-ethyl adjacent to an activating group) is 2. The van der Waals surface area contributed by atoms with Crippen LogP contribution in [-0.4, -0.2) is 50.3 Å². The third-order valence-corrected chi connectivity index (χ3v) is 3.96. The van der Waals surface area contributed by atoms with E-state index in [0.717, 1.165) is 38.2 Å². The van der Waals surface area contributed by atoms with E-state index in [1.165, 1.54) is 6.07 Å². The Balaban J connectivity index is 2.06. The maximum absolute atomic E-state index is 13.5. The van der Waals surface area contributed by atoms with Crippen LogP contribution in [0.4, 0.5) is 4.39 Å². The van der Waals surface area contributed by atoms with E-state index in [1.54, 1.807) is 6.07 Å². The molecule has 0 saturated carbocycles. The summed E-state index contributed by atoms with van der Waals surface area (Å²) in [6, 6.07) is 5.19. The second-order valence-corrected chi connectivity index (χ2v) is 5.70. The van der Waals surface area contributed by atoms with Gasteiger partial charge in [-0.2, -0.15) is 0 Å². The molecule has 0 aliphatic carbocycles. The van der Waals surface area contributed by atoms with Crippen LogP contribution in [0.3, 0.4) is 0 Å². The Morgan fingerprint density at radius 3 is 3.00 bits per heavy atom. The largest absolute Gasteiger partial charge is 0.374 e. The van der Waals surface area contributed by atoms with Gasteiger partial charge in [0.25, 0.3) is 0 Å². The number of benzene rings is 1. The highest BCUT2D eigenvalue weighted by atomic mass is 35.5. The number of hydrogen-bond donors (Lipinski definition) is 1. The second kappa shape index (κ2) is 7.36. The van der Waals surface area contributed by atoms with Crippen molar-refractivity contribution in [2.75, 3.05) is 33.3 Å². The summed E-state index contributed by atoms with van der Waals surface area (Å²) in [4.78, 5) is 2.26. The lowest BCUT2D eigenvalue weighted by atomic mass is 10.00. The molecule has 0 radical (unpaired) electrons. The number of halogens is 2. The molecule has 3 nitrogen and oxygen atoms in total. The number of rotatable bonds is 5. The summed E-state index contributed by atoms with van der Waals surface area (Å²) in [5.74, 6) is -0.360. The normalized spacial score (nSPS) is 21.9. The van der Waals surface area contributed by atoms with E-state index in [2.05, 4.69) is 24.2 Å². The van der Waals surface area contributed by atoms with E-state index in [-0.39, 0.29) is 23.0 Å². The average molecular weight is 301 g/mol. The molecule has 0 aromatic heterocycles. The summed E-state index contributed by atoms with van der Waals surface area (Å²) < 4.78 is 19.4. The zero-order valence-corrected chi connectivity index (χ0v) is 12.8. The van der Waals surface area contributed by atoms with Crippen molar-refractivity contribution >= 4 is 11.6 Å². The Kier molecular flexibility index (Phi) is 5.78. The lowest BCUT2D eigenvalue weighted by Crippen LogP contribution is -2.52. The van der Waals surface area contributed by atoms with Crippen molar-refractivity contribution in [3.8, 4) is 0 Å². The van der Waals surface area contributed by atoms with E-state index >= 15 is 0 Å². The molecule has 1 aliphatic heterocycles. The number of ether oxygens (including phenoxy) is 1. The lowest BCUT2D eigenvalue weighted by molar-refractivity contribution is -0.0381. The van der Waals surface area contributed by atoms with Crippen molar-refractivity contribution < 1.29 is 9.13 Å². The SMILES string of the molecule is CCNC(Cc1ccc(Cl)c(F)c1)C1CN(C)CCO1. The lowest BCUT2D eigenvalue weighted by Gasteiger charge is -2.35. The number of morpholine rings is 1. The number of nitrogens with one attached hydrogen (secondary N) is 1. The average Bonchev–Trinajstić information content (AvgIpc) is 2.42. The standard InChI is InChI=1S/C15H22ClFN2O/c1-3-18-14(15-10-19(2)6-7-20-15)9-11-4-5-12(16)13(17)8-11/h4-5,8,14-15,18H,3,6-7,9-10H2,1-2H3. The fourth-order valence-electron chi connectivity index (χ4n) is 2.57. The second-order valence-electron chi connectivity index (χ2n) is 5.29. The molecule has 20 heavy (non-hydrogen) atoms. The van der Waals surface area contributed by atoms with Gasteiger partial charge in [-0.05, 0) is 37.7 Å². The molecule has 1 aromatic carbocycles. The summed E-state index contributed by atoms with van der Waals surface area (Å²) in [6.45, 7) is 5.54. The molecule has 5 heteroatoms. The molecule has 1 heterocycles. The molecule has 0 spiro atoms. The highest BCUT2D eigenvalue weighted by Crippen LogP contribution is 2.18. The molecule has 1 N–H and O–H groups in total. The zero-order chi connectivity index (χ0) is 14.5. The molecule has 1 aliphatic rings. The predicted molar refractivity (Wildman–Crippen MR) is 79.8 cm³/mol. The molecule has 2 rings (SSSR count). The van der Waals surface area contributed by atoms with Crippen LogP contribution < -0.4 is 5.32 Å². The Morgan fingerprint density at radius 1 is 1.55 bits per heavy atom. The van der Waals surface area contributed by atoms with E-state index in [0.29, 0.717) is 0 Å². The van der Waals surface area contributed by atoms with Crippen LogP contribution in [0, 0.1) is 5.82 Å². The van der Waals surface area contributed by atoms with Crippen LogP contribution >= 0.6 is 11.6 Å². The van der Waals surface area contributed by atoms with Crippen LogP contribution in [0.5, 0.6) is 0 Å². The van der Waals surface area contributed by atoms with E-state index in [4.69, 9.17) is 16.3 Å². The maximum Gasteiger partial charge on any atom is 0.142 e. The van der Waals surface area contributed by atoms with Gasteiger partial charge in [-0.3, -0.25) is 0 Å². The van der Waals surface area contributed by atoms with E-state index < -0.39 is 0 Å². The van der Waals surface area contributed by atoms with Crippen LogP contribution in [0.15, 0.2) is 18.2 Å². The molecule has 1 fully saturated rings. The van der Waals surface area contributed by atoms with Gasteiger partial charge in [-0.15, -0.1) is 0 Å². The smallest absolute Gasteiger partial charge is 0.142 e. The third kappa shape index (κ3) is 4.16. The quantitative estimate of drug-likeness (QED) is 0.903. The monoisotopic (exact) mass is 300 g/mol. The van der Waals surface area contributed by atoms with Gasteiger partial charge in [0.2, 0.25) is 0 Å². The number of hydrogen-bond acceptors (Lipinski definition) is 3. The number of nitrogens with zero attached hydrogens (tertiary/aromatic N) is 1. The Labute approximate surface area is 125 Å². The van der Waals surface area contributed by atoms with Crippen LogP contribution in [0.1, 0.15) is 12.5 Å². The third-order valence-electron chi connectivity index (χ3n) is 3.65. The first-order valence-electron chi connectivity index (χ1n) is 7.07. The summed E-state index contributed by atoms with van der Waals surface area (Å²) in [7, 11) is 2.10. The van der Waals surface area contributed by atoms with Gasteiger partial charge < -0.3 is 15.0 Å². The van der Waals surface area contributed by atoms with Crippen molar-refractivity contribution in [1.82, 2.24) is 10.2 Å². The molecule has 2 unspecified atom stereocenters. The Bertz CT molecular complexity index is 444. The van der Waals surface area contributed by atoms with Crippen LogP contribution in [-0.2, 0) is 11.2 Å². The summed E-state index contributed by atoms with van der Waals surface area (Å²) in [5, 5.41) is 3.62. The maximum atomic E-state index is 13.5. The molecule has 112 valence electrons. The minimum absolute atomic E-state index is 0.132. The van der Waals surface area contributed by atoms with E-state index in [1.807, 2.05) is 6.07 Å². The topological polar surface area (TPSA) is 24.5 Å². The molecular weight excluding hydrogens is 279 g/mol. The van der Waals surface area contributed by atoms with Gasteiger partial charge >= 0.3 is 0 Å². The minimum atomic E-state index is -0.360.